The Bertz CT molecular complexity index is 528. The third-order valence-corrected chi connectivity index (χ3v) is 2.83. The van der Waals surface area contributed by atoms with Crippen molar-refractivity contribution < 1.29 is 8.81 Å². The summed E-state index contributed by atoms with van der Waals surface area (Å²) in [6.45, 7) is 6.13. The zero-order valence-corrected chi connectivity index (χ0v) is 10.3. The minimum atomic E-state index is -0.349. The van der Waals surface area contributed by atoms with Crippen molar-refractivity contribution in [3.63, 3.8) is 0 Å². The molecule has 17 heavy (non-hydrogen) atoms. The quantitative estimate of drug-likeness (QED) is 0.622. The number of benzene rings is 1. The number of furan rings is 1. The molecule has 4 heteroatoms. The third-order valence-electron chi connectivity index (χ3n) is 2.83. The summed E-state index contributed by atoms with van der Waals surface area (Å²) in [4.78, 5) is 0. The summed E-state index contributed by atoms with van der Waals surface area (Å²) in [5.41, 5.74) is 2.89. The van der Waals surface area contributed by atoms with Crippen LogP contribution in [-0.2, 0) is 0 Å². The molecule has 0 spiro atoms. The highest BCUT2D eigenvalue weighted by Gasteiger charge is 2.28. The number of hydrogen-bond acceptors (Lipinski definition) is 3. The topological polar surface area (TPSA) is 51.2 Å². The molecule has 1 heterocycles. The molecule has 0 amide bonds. The second kappa shape index (κ2) is 4.13. The lowest BCUT2D eigenvalue weighted by molar-refractivity contribution is 0.243. The first kappa shape index (κ1) is 12.1. The molecule has 0 saturated carbocycles. The minimum Gasteiger partial charge on any atom is -0.456 e. The summed E-state index contributed by atoms with van der Waals surface area (Å²) in [6, 6.07) is 6.54. The van der Waals surface area contributed by atoms with Gasteiger partial charge < -0.3 is 4.42 Å². The predicted octanol–water partition coefficient (Wildman–Crippen LogP) is 3.12. The minimum absolute atomic E-state index is 0.112. The number of para-hydroxylation sites is 1. The van der Waals surface area contributed by atoms with Crippen molar-refractivity contribution in [2.24, 2.45) is 11.3 Å². The Kier molecular flexibility index (Phi) is 2.93. The smallest absolute Gasteiger partial charge is 0.169 e. The van der Waals surface area contributed by atoms with Crippen LogP contribution in [0.2, 0.25) is 0 Å². The normalized spacial score (nSPS) is 14.2. The summed E-state index contributed by atoms with van der Waals surface area (Å²) in [6.07, 6.45) is 0. The lowest BCUT2D eigenvalue weighted by Gasteiger charge is -2.27. The molecule has 0 bridgehead atoms. The molecule has 0 aliphatic rings. The maximum Gasteiger partial charge on any atom is 0.169 e. The van der Waals surface area contributed by atoms with Gasteiger partial charge in [0, 0.05) is 5.39 Å². The van der Waals surface area contributed by atoms with Crippen molar-refractivity contribution >= 4 is 11.0 Å². The van der Waals surface area contributed by atoms with E-state index in [1.807, 2.05) is 32.9 Å². The molecule has 1 aromatic heterocycles. The average Bonchev–Trinajstić information content (AvgIpc) is 2.61. The van der Waals surface area contributed by atoms with Crippen LogP contribution >= 0.6 is 0 Å². The van der Waals surface area contributed by atoms with Gasteiger partial charge in [-0.15, -0.1) is 0 Å². The monoisotopic (exact) mass is 236 g/mol. The van der Waals surface area contributed by atoms with Gasteiger partial charge >= 0.3 is 0 Å². The Morgan fingerprint density at radius 3 is 2.59 bits per heavy atom. The zero-order valence-electron chi connectivity index (χ0n) is 10.3. The highest BCUT2D eigenvalue weighted by molar-refractivity contribution is 5.78. The van der Waals surface area contributed by atoms with Gasteiger partial charge in [0.25, 0.3) is 0 Å². The molecule has 0 aliphatic carbocycles. The van der Waals surface area contributed by atoms with Crippen molar-refractivity contribution in [2.45, 2.75) is 26.8 Å². The number of nitrogens with two attached hydrogens (primary N) is 1. The van der Waals surface area contributed by atoms with Crippen LogP contribution in [0.3, 0.4) is 0 Å². The van der Waals surface area contributed by atoms with Gasteiger partial charge in [-0.2, -0.15) is 0 Å². The number of halogens is 1. The fraction of sp³-hybridized carbons (Fsp3) is 0.385. The first-order valence-electron chi connectivity index (χ1n) is 5.57. The van der Waals surface area contributed by atoms with Crippen LogP contribution in [0, 0.1) is 11.2 Å². The molecule has 3 nitrogen and oxygen atoms in total. The molecule has 92 valence electrons. The van der Waals surface area contributed by atoms with E-state index in [-0.39, 0.29) is 22.9 Å². The van der Waals surface area contributed by atoms with Crippen molar-refractivity contribution in [3.05, 3.63) is 35.8 Å². The molecule has 3 N–H and O–H groups in total. The molecule has 0 fully saturated rings. The average molecular weight is 236 g/mol. The van der Waals surface area contributed by atoms with Crippen LogP contribution in [0.5, 0.6) is 0 Å². The number of nitrogens with one attached hydrogen (secondary N) is 1. The lowest BCUT2D eigenvalue weighted by Crippen LogP contribution is -2.36. The molecule has 1 unspecified atom stereocenters. The number of rotatable bonds is 2. The number of hydrazine groups is 1. The Morgan fingerprint density at radius 2 is 2.06 bits per heavy atom. The van der Waals surface area contributed by atoms with Crippen LogP contribution in [0.25, 0.3) is 11.0 Å². The second-order valence-electron chi connectivity index (χ2n) is 5.27. The van der Waals surface area contributed by atoms with Gasteiger partial charge in [-0.25, -0.2) is 9.82 Å². The van der Waals surface area contributed by atoms with E-state index in [9.17, 15) is 4.39 Å². The van der Waals surface area contributed by atoms with Crippen LogP contribution in [0.4, 0.5) is 4.39 Å². The van der Waals surface area contributed by atoms with Crippen LogP contribution in [-0.4, -0.2) is 0 Å². The summed E-state index contributed by atoms with van der Waals surface area (Å²) < 4.78 is 19.1. The molecule has 0 saturated heterocycles. The van der Waals surface area contributed by atoms with E-state index < -0.39 is 0 Å². The third kappa shape index (κ3) is 2.18. The number of fused-ring (bicyclic) bond motifs is 1. The van der Waals surface area contributed by atoms with Crippen molar-refractivity contribution in [2.75, 3.05) is 0 Å². The fourth-order valence-electron chi connectivity index (χ4n) is 1.95. The fourth-order valence-corrected chi connectivity index (χ4v) is 1.95. The largest absolute Gasteiger partial charge is 0.456 e. The van der Waals surface area contributed by atoms with Crippen LogP contribution in [0.1, 0.15) is 32.6 Å². The van der Waals surface area contributed by atoms with Gasteiger partial charge in [0.1, 0.15) is 5.76 Å². The summed E-state index contributed by atoms with van der Waals surface area (Å²) >= 11 is 0. The van der Waals surface area contributed by atoms with Gasteiger partial charge in [0.15, 0.2) is 11.4 Å². The lowest BCUT2D eigenvalue weighted by atomic mass is 9.85. The molecular weight excluding hydrogens is 219 g/mol. The van der Waals surface area contributed by atoms with Crippen molar-refractivity contribution in [1.82, 2.24) is 5.43 Å². The summed E-state index contributed by atoms with van der Waals surface area (Å²) in [5, 5.41) is 0.754. The number of hydrogen-bond donors (Lipinski definition) is 2. The highest BCUT2D eigenvalue weighted by Crippen LogP contribution is 2.35. The Hall–Kier alpha value is -1.39. The zero-order chi connectivity index (χ0) is 12.6. The van der Waals surface area contributed by atoms with Gasteiger partial charge in [-0.05, 0) is 17.5 Å². The van der Waals surface area contributed by atoms with Crippen LogP contribution < -0.4 is 11.3 Å². The van der Waals surface area contributed by atoms with Crippen LogP contribution in [0.15, 0.2) is 28.7 Å². The Morgan fingerprint density at radius 1 is 1.35 bits per heavy atom. The molecule has 2 aromatic rings. The standard InChI is InChI=1S/C13H17FN2O/c1-13(2,3)12(16-15)10-7-8-5-4-6-9(14)11(8)17-10/h4-7,12,16H,15H2,1-3H3. The second-order valence-corrected chi connectivity index (χ2v) is 5.27. The molecule has 2 rings (SSSR count). The van der Waals surface area contributed by atoms with E-state index in [2.05, 4.69) is 5.43 Å². The molecule has 1 aromatic carbocycles. The summed E-state index contributed by atoms with van der Waals surface area (Å²) in [5.74, 6) is 5.85. The first-order chi connectivity index (χ1) is 7.93. The Balaban J connectivity index is 2.52. The van der Waals surface area contributed by atoms with E-state index in [0.29, 0.717) is 5.76 Å². The maximum absolute atomic E-state index is 13.5. The van der Waals surface area contributed by atoms with E-state index >= 15 is 0 Å². The molecule has 1 atom stereocenters. The van der Waals surface area contributed by atoms with Gasteiger partial charge in [0.2, 0.25) is 0 Å². The van der Waals surface area contributed by atoms with Gasteiger partial charge in [-0.1, -0.05) is 32.9 Å². The maximum atomic E-state index is 13.5. The molecule has 0 aliphatic heterocycles. The Labute approximate surface area is 99.8 Å². The van der Waals surface area contributed by atoms with Gasteiger partial charge in [-0.3, -0.25) is 5.84 Å². The van der Waals surface area contributed by atoms with Crippen molar-refractivity contribution in [1.29, 1.82) is 0 Å². The van der Waals surface area contributed by atoms with E-state index in [1.54, 1.807) is 6.07 Å². The van der Waals surface area contributed by atoms with Gasteiger partial charge in [0.05, 0.1) is 6.04 Å². The molecular formula is C13H17FN2O. The van der Waals surface area contributed by atoms with Crippen molar-refractivity contribution in [3.8, 4) is 0 Å². The predicted molar refractivity (Wildman–Crippen MR) is 65.7 cm³/mol. The molecule has 0 radical (unpaired) electrons. The van der Waals surface area contributed by atoms with E-state index in [4.69, 9.17) is 10.3 Å². The van der Waals surface area contributed by atoms with E-state index in [1.165, 1.54) is 6.07 Å². The summed E-state index contributed by atoms with van der Waals surface area (Å²) in [7, 11) is 0. The SMILES string of the molecule is CC(C)(C)C(NN)c1cc2cccc(F)c2o1. The van der Waals surface area contributed by atoms with E-state index in [0.717, 1.165) is 5.39 Å². The highest BCUT2D eigenvalue weighted by atomic mass is 19.1. The first-order valence-corrected chi connectivity index (χ1v) is 5.57.